The van der Waals surface area contributed by atoms with E-state index >= 15 is 0 Å². The van der Waals surface area contributed by atoms with Gasteiger partial charge in [-0.15, -0.1) is 0 Å². The van der Waals surface area contributed by atoms with Gasteiger partial charge in [0, 0.05) is 0 Å². The van der Waals surface area contributed by atoms with Crippen molar-refractivity contribution in [3.05, 3.63) is 34.4 Å². The molecule has 1 rings (SSSR count). The predicted octanol–water partition coefficient (Wildman–Crippen LogP) is 1.46. The first-order valence-corrected chi connectivity index (χ1v) is 5.41. The highest BCUT2D eigenvalue weighted by atomic mass is 16.5. The molecule has 0 fully saturated rings. The first-order valence-electron chi connectivity index (χ1n) is 5.41. The summed E-state index contributed by atoms with van der Waals surface area (Å²) in [6.07, 6.45) is 0.165. The fourth-order valence-electron chi connectivity index (χ4n) is 1.60. The van der Waals surface area contributed by atoms with E-state index < -0.39 is 0 Å². The van der Waals surface area contributed by atoms with Crippen molar-refractivity contribution >= 4 is 5.97 Å². The van der Waals surface area contributed by atoms with Gasteiger partial charge in [0.05, 0.1) is 31.3 Å². The molecule has 1 aromatic carbocycles. The Balaban J connectivity index is 3.01. The number of hydrogen-bond acceptors (Lipinski definition) is 4. The van der Waals surface area contributed by atoms with Crippen LogP contribution in [0.2, 0.25) is 0 Å². The predicted molar refractivity (Wildman–Crippen MR) is 62.2 cm³/mol. The average molecular weight is 233 g/mol. The van der Waals surface area contributed by atoms with Crippen molar-refractivity contribution < 1.29 is 14.6 Å². The molecule has 0 aliphatic rings. The molecule has 0 spiro atoms. The number of hydrogen-bond donors (Lipinski definition) is 1. The number of aliphatic hydroxyl groups is 1. The largest absolute Gasteiger partial charge is 0.466 e. The molecule has 17 heavy (non-hydrogen) atoms. The van der Waals surface area contributed by atoms with E-state index in [1.165, 1.54) is 0 Å². The van der Waals surface area contributed by atoms with Gasteiger partial charge in [0.25, 0.3) is 0 Å². The Kier molecular flexibility index (Phi) is 4.68. The normalized spacial score (nSPS) is 9.76. The molecule has 0 saturated heterocycles. The molecule has 0 aromatic heterocycles. The third-order valence-electron chi connectivity index (χ3n) is 2.49. The van der Waals surface area contributed by atoms with Gasteiger partial charge in [0.2, 0.25) is 0 Å². The van der Waals surface area contributed by atoms with Crippen molar-refractivity contribution in [2.75, 3.05) is 6.61 Å². The first kappa shape index (κ1) is 13.2. The minimum atomic E-state index is -0.302. The third kappa shape index (κ3) is 3.30. The van der Waals surface area contributed by atoms with Gasteiger partial charge < -0.3 is 9.84 Å². The van der Waals surface area contributed by atoms with Crippen molar-refractivity contribution in [3.8, 4) is 6.07 Å². The van der Waals surface area contributed by atoms with Crippen molar-refractivity contribution in [2.45, 2.75) is 26.9 Å². The van der Waals surface area contributed by atoms with Crippen LogP contribution >= 0.6 is 0 Å². The van der Waals surface area contributed by atoms with Crippen LogP contribution in [0.1, 0.15) is 29.2 Å². The molecule has 0 saturated carbocycles. The Morgan fingerprint density at radius 2 is 2.18 bits per heavy atom. The van der Waals surface area contributed by atoms with Crippen molar-refractivity contribution in [3.63, 3.8) is 0 Å². The van der Waals surface area contributed by atoms with Crippen LogP contribution in [0.4, 0.5) is 0 Å². The van der Waals surface area contributed by atoms with Gasteiger partial charge in [0.1, 0.15) is 0 Å². The number of aryl methyl sites for hydroxylation is 1. The lowest BCUT2D eigenvalue weighted by atomic mass is 9.98. The molecule has 0 aliphatic carbocycles. The summed E-state index contributed by atoms with van der Waals surface area (Å²) < 4.78 is 4.86. The lowest BCUT2D eigenvalue weighted by molar-refractivity contribution is -0.142. The smallest absolute Gasteiger partial charge is 0.310 e. The van der Waals surface area contributed by atoms with E-state index in [1.54, 1.807) is 19.1 Å². The van der Waals surface area contributed by atoms with Crippen LogP contribution in [0.25, 0.3) is 0 Å². The summed E-state index contributed by atoms with van der Waals surface area (Å²) >= 11 is 0. The summed E-state index contributed by atoms with van der Waals surface area (Å²) in [5.41, 5.74) is 2.62. The number of aliphatic hydroxyl groups excluding tert-OH is 1. The fourth-order valence-corrected chi connectivity index (χ4v) is 1.60. The average Bonchev–Trinajstić information content (AvgIpc) is 2.31. The molecule has 4 nitrogen and oxygen atoms in total. The molecule has 0 radical (unpaired) electrons. The van der Waals surface area contributed by atoms with Crippen LogP contribution in [0, 0.1) is 18.3 Å². The number of carbonyl (C=O) groups is 1. The molecule has 0 aliphatic heterocycles. The Labute approximate surface area is 100 Å². The van der Waals surface area contributed by atoms with E-state index in [-0.39, 0.29) is 19.0 Å². The Hall–Kier alpha value is -1.86. The zero-order valence-electron chi connectivity index (χ0n) is 9.99. The van der Waals surface area contributed by atoms with E-state index in [9.17, 15) is 4.79 Å². The third-order valence-corrected chi connectivity index (χ3v) is 2.49. The van der Waals surface area contributed by atoms with Crippen molar-refractivity contribution in [1.82, 2.24) is 0 Å². The molecule has 0 atom stereocenters. The summed E-state index contributed by atoms with van der Waals surface area (Å²) in [4.78, 5) is 11.4. The van der Waals surface area contributed by atoms with E-state index in [0.717, 1.165) is 11.1 Å². The van der Waals surface area contributed by atoms with E-state index in [1.807, 2.05) is 13.0 Å². The summed E-state index contributed by atoms with van der Waals surface area (Å²) in [5, 5.41) is 18.0. The number of nitrogens with zero attached hydrogens (tertiary/aromatic N) is 1. The monoisotopic (exact) mass is 233 g/mol. The van der Waals surface area contributed by atoms with E-state index in [4.69, 9.17) is 15.1 Å². The molecule has 0 amide bonds. The minimum Gasteiger partial charge on any atom is -0.466 e. The van der Waals surface area contributed by atoms with Crippen molar-refractivity contribution in [1.29, 1.82) is 5.26 Å². The van der Waals surface area contributed by atoms with Crippen LogP contribution < -0.4 is 0 Å². The number of esters is 1. The van der Waals surface area contributed by atoms with Crippen LogP contribution in [0.5, 0.6) is 0 Å². The molecule has 90 valence electrons. The Morgan fingerprint density at radius 3 is 2.71 bits per heavy atom. The van der Waals surface area contributed by atoms with Crippen LogP contribution in [-0.2, 0) is 22.6 Å². The second-order valence-electron chi connectivity index (χ2n) is 3.69. The number of nitriles is 1. The summed E-state index contributed by atoms with van der Waals surface area (Å²) in [5.74, 6) is -0.302. The summed E-state index contributed by atoms with van der Waals surface area (Å²) in [6, 6.07) is 5.38. The Bertz CT molecular complexity index is 460. The van der Waals surface area contributed by atoms with Gasteiger partial charge in [-0.2, -0.15) is 5.26 Å². The molecule has 1 aromatic rings. The maximum atomic E-state index is 11.4. The fraction of sp³-hybridized carbons (Fsp3) is 0.385. The number of rotatable bonds is 4. The summed E-state index contributed by atoms with van der Waals surface area (Å²) in [6.45, 7) is 3.72. The number of carbonyl (C=O) groups excluding carboxylic acids is 1. The van der Waals surface area contributed by atoms with Gasteiger partial charge in [-0.05, 0) is 36.6 Å². The van der Waals surface area contributed by atoms with Gasteiger partial charge in [-0.1, -0.05) is 6.07 Å². The van der Waals surface area contributed by atoms with E-state index in [0.29, 0.717) is 17.7 Å². The standard InChI is InChI=1S/C13H15NO3/c1-3-17-13(16)6-10-5-12(8-15)11(7-14)4-9(10)2/h4-5,15H,3,6,8H2,1-2H3. The Morgan fingerprint density at radius 1 is 1.47 bits per heavy atom. The SMILES string of the molecule is CCOC(=O)Cc1cc(CO)c(C#N)cc1C. The zero-order chi connectivity index (χ0) is 12.8. The topological polar surface area (TPSA) is 70.3 Å². The second-order valence-corrected chi connectivity index (χ2v) is 3.69. The first-order chi connectivity index (χ1) is 8.12. The lowest BCUT2D eigenvalue weighted by Crippen LogP contribution is -2.09. The van der Waals surface area contributed by atoms with Crippen LogP contribution in [-0.4, -0.2) is 17.7 Å². The maximum Gasteiger partial charge on any atom is 0.310 e. The molecule has 4 heteroatoms. The summed E-state index contributed by atoms with van der Waals surface area (Å²) in [7, 11) is 0. The highest BCUT2D eigenvalue weighted by Crippen LogP contribution is 2.17. The number of ether oxygens (including phenoxy) is 1. The zero-order valence-corrected chi connectivity index (χ0v) is 9.99. The minimum absolute atomic E-state index is 0.165. The highest BCUT2D eigenvalue weighted by Gasteiger charge is 2.10. The number of benzene rings is 1. The van der Waals surface area contributed by atoms with Gasteiger partial charge in [-0.25, -0.2) is 0 Å². The second kappa shape index (κ2) is 6.02. The van der Waals surface area contributed by atoms with Gasteiger partial charge >= 0.3 is 5.97 Å². The maximum absolute atomic E-state index is 11.4. The molecule has 0 bridgehead atoms. The molecular formula is C13H15NO3. The molecular weight excluding hydrogens is 218 g/mol. The lowest BCUT2D eigenvalue weighted by Gasteiger charge is -2.09. The molecule has 1 N–H and O–H groups in total. The quantitative estimate of drug-likeness (QED) is 0.799. The highest BCUT2D eigenvalue weighted by molar-refractivity contribution is 5.73. The van der Waals surface area contributed by atoms with Gasteiger partial charge in [0.15, 0.2) is 0 Å². The van der Waals surface area contributed by atoms with Crippen LogP contribution in [0.15, 0.2) is 12.1 Å². The molecule has 0 heterocycles. The van der Waals surface area contributed by atoms with E-state index in [2.05, 4.69) is 0 Å². The van der Waals surface area contributed by atoms with Gasteiger partial charge in [-0.3, -0.25) is 4.79 Å². The van der Waals surface area contributed by atoms with Crippen LogP contribution in [0.3, 0.4) is 0 Å². The molecule has 0 unspecified atom stereocenters. The van der Waals surface area contributed by atoms with Crippen molar-refractivity contribution in [2.24, 2.45) is 0 Å².